The van der Waals surface area contributed by atoms with Gasteiger partial charge in [0.05, 0.1) is 29.9 Å². The number of ether oxygens (including phenoxy) is 2. The fourth-order valence-corrected chi connectivity index (χ4v) is 6.05. The van der Waals surface area contributed by atoms with Crippen LogP contribution in [-0.2, 0) is 14.8 Å². The second-order valence-electron chi connectivity index (χ2n) is 7.38. The Hall–Kier alpha value is -2.26. The first kappa shape index (κ1) is 21.0. The zero-order valence-corrected chi connectivity index (χ0v) is 18.7. The van der Waals surface area contributed by atoms with Gasteiger partial charge >= 0.3 is 0 Å². The summed E-state index contributed by atoms with van der Waals surface area (Å²) in [6.45, 7) is 4.50. The molecule has 6 nitrogen and oxygen atoms in total. The molecule has 0 saturated carbocycles. The minimum absolute atomic E-state index is 0.129. The summed E-state index contributed by atoms with van der Waals surface area (Å²) in [6.07, 6.45) is -0.258. The number of morpholine rings is 1. The van der Waals surface area contributed by atoms with Gasteiger partial charge in [-0.25, -0.2) is 13.4 Å². The van der Waals surface area contributed by atoms with E-state index < -0.39 is 10.0 Å². The van der Waals surface area contributed by atoms with Crippen LogP contribution in [0, 0.1) is 0 Å². The highest BCUT2D eigenvalue weighted by atomic mass is 32.2. The monoisotopic (exact) mass is 444 g/mol. The van der Waals surface area contributed by atoms with Crippen LogP contribution in [0.25, 0.3) is 21.8 Å². The first-order chi connectivity index (χ1) is 14.4. The van der Waals surface area contributed by atoms with Crippen molar-refractivity contribution in [3.05, 3.63) is 53.9 Å². The fraction of sp³-hybridized carbons (Fsp3) is 0.318. The van der Waals surface area contributed by atoms with Crippen molar-refractivity contribution in [1.29, 1.82) is 0 Å². The van der Waals surface area contributed by atoms with E-state index >= 15 is 0 Å². The summed E-state index contributed by atoms with van der Waals surface area (Å²) in [5, 5.41) is 2.80. The third kappa shape index (κ3) is 4.27. The highest BCUT2D eigenvalue weighted by molar-refractivity contribution is 7.89. The van der Waals surface area contributed by atoms with Crippen LogP contribution in [-0.4, -0.2) is 50.1 Å². The molecule has 2 atom stereocenters. The number of aromatic nitrogens is 1. The second-order valence-corrected chi connectivity index (χ2v) is 10.2. The SMILES string of the molecule is COc1cccc(-c2nc(-c3cccc(S(=O)(=O)N4C[C@H](C)O[C@@H](C)C4)c3)cs2)c1. The maximum atomic E-state index is 13.2. The summed E-state index contributed by atoms with van der Waals surface area (Å²) >= 11 is 1.52. The van der Waals surface area contributed by atoms with Crippen molar-refractivity contribution in [1.82, 2.24) is 9.29 Å². The lowest BCUT2D eigenvalue weighted by Gasteiger charge is -2.34. The largest absolute Gasteiger partial charge is 0.497 e. The quantitative estimate of drug-likeness (QED) is 0.587. The number of hydrogen-bond acceptors (Lipinski definition) is 6. The topological polar surface area (TPSA) is 68.7 Å². The number of rotatable bonds is 5. The van der Waals surface area contributed by atoms with Crippen LogP contribution in [0.3, 0.4) is 0 Å². The van der Waals surface area contributed by atoms with Crippen LogP contribution < -0.4 is 4.74 Å². The van der Waals surface area contributed by atoms with Gasteiger partial charge in [-0.15, -0.1) is 11.3 Å². The van der Waals surface area contributed by atoms with Crippen LogP contribution in [0.5, 0.6) is 5.75 Å². The summed E-state index contributed by atoms with van der Waals surface area (Å²) in [7, 11) is -1.97. The molecule has 158 valence electrons. The predicted octanol–water partition coefficient (Wildman–Crippen LogP) is 4.28. The van der Waals surface area contributed by atoms with Gasteiger partial charge in [-0.1, -0.05) is 24.3 Å². The number of benzene rings is 2. The highest BCUT2D eigenvalue weighted by Gasteiger charge is 2.32. The highest BCUT2D eigenvalue weighted by Crippen LogP contribution is 2.32. The first-order valence-electron chi connectivity index (χ1n) is 9.73. The predicted molar refractivity (Wildman–Crippen MR) is 118 cm³/mol. The van der Waals surface area contributed by atoms with Crippen molar-refractivity contribution in [2.45, 2.75) is 31.0 Å². The summed E-state index contributed by atoms with van der Waals surface area (Å²) in [6, 6.07) is 14.7. The molecule has 3 aromatic rings. The lowest BCUT2D eigenvalue weighted by Crippen LogP contribution is -2.48. The molecule has 1 aliphatic rings. The van der Waals surface area contributed by atoms with E-state index in [0.29, 0.717) is 13.1 Å². The molecule has 0 spiro atoms. The Morgan fingerprint density at radius 3 is 2.50 bits per heavy atom. The molecule has 1 aromatic heterocycles. The van der Waals surface area contributed by atoms with Gasteiger partial charge in [0.25, 0.3) is 0 Å². The van der Waals surface area contributed by atoms with Crippen molar-refractivity contribution in [3.63, 3.8) is 0 Å². The third-order valence-corrected chi connectivity index (χ3v) is 7.69. The number of hydrogen-bond donors (Lipinski definition) is 0. The van der Waals surface area contributed by atoms with E-state index in [1.807, 2.05) is 49.6 Å². The Morgan fingerprint density at radius 1 is 1.07 bits per heavy atom. The molecule has 0 aliphatic carbocycles. The molecule has 30 heavy (non-hydrogen) atoms. The minimum Gasteiger partial charge on any atom is -0.497 e. The first-order valence-corrected chi connectivity index (χ1v) is 12.0. The molecule has 0 unspecified atom stereocenters. The number of nitrogens with zero attached hydrogens (tertiary/aromatic N) is 2. The van der Waals surface area contributed by atoms with Gasteiger partial charge in [-0.05, 0) is 38.1 Å². The van der Waals surface area contributed by atoms with Crippen molar-refractivity contribution in [2.75, 3.05) is 20.2 Å². The Morgan fingerprint density at radius 2 is 1.77 bits per heavy atom. The average molecular weight is 445 g/mol. The van der Waals surface area contributed by atoms with Crippen molar-refractivity contribution < 1.29 is 17.9 Å². The molecular weight excluding hydrogens is 420 g/mol. The maximum Gasteiger partial charge on any atom is 0.243 e. The smallest absolute Gasteiger partial charge is 0.243 e. The number of thiazole rings is 1. The number of sulfonamides is 1. The van der Waals surface area contributed by atoms with E-state index in [2.05, 4.69) is 0 Å². The molecule has 1 saturated heterocycles. The summed E-state index contributed by atoms with van der Waals surface area (Å²) in [5.74, 6) is 0.770. The zero-order chi connectivity index (χ0) is 21.3. The van der Waals surface area contributed by atoms with Crippen molar-refractivity contribution in [3.8, 4) is 27.6 Å². The molecule has 0 N–H and O–H groups in total. The molecule has 8 heteroatoms. The van der Waals surface area contributed by atoms with Crippen LogP contribution in [0.1, 0.15) is 13.8 Å². The maximum absolute atomic E-state index is 13.2. The van der Waals surface area contributed by atoms with E-state index in [-0.39, 0.29) is 17.1 Å². The average Bonchev–Trinajstić information content (AvgIpc) is 3.23. The molecule has 1 fully saturated rings. The number of methoxy groups -OCH3 is 1. The minimum atomic E-state index is -3.60. The van der Waals surface area contributed by atoms with Gasteiger partial charge in [0.1, 0.15) is 10.8 Å². The molecular formula is C22H24N2O4S2. The Bertz CT molecular complexity index is 1130. The van der Waals surface area contributed by atoms with Crippen LogP contribution >= 0.6 is 11.3 Å². The van der Waals surface area contributed by atoms with E-state index in [0.717, 1.165) is 27.6 Å². The molecule has 0 radical (unpaired) electrons. The second kappa shape index (κ2) is 8.47. The molecule has 4 rings (SSSR count). The van der Waals surface area contributed by atoms with Gasteiger partial charge in [0.2, 0.25) is 10.0 Å². The standard InChI is InChI=1S/C22H24N2O4S2/c1-15-12-24(13-16(2)28-15)30(25,26)20-9-5-6-17(11-20)21-14-29-22(23-21)18-7-4-8-19(10-18)27-3/h4-11,14-16H,12-13H2,1-3H3/t15-,16-/m0/s1. The van der Waals surface area contributed by atoms with Crippen LogP contribution in [0.15, 0.2) is 58.8 Å². The van der Waals surface area contributed by atoms with Crippen LogP contribution in [0.2, 0.25) is 0 Å². The van der Waals surface area contributed by atoms with Gasteiger partial charge in [0.15, 0.2) is 0 Å². The fourth-order valence-electron chi connectivity index (χ4n) is 3.59. The lowest BCUT2D eigenvalue weighted by atomic mass is 10.2. The molecule has 0 bridgehead atoms. The third-order valence-electron chi connectivity index (χ3n) is 4.97. The van der Waals surface area contributed by atoms with Crippen molar-refractivity contribution in [2.24, 2.45) is 0 Å². The lowest BCUT2D eigenvalue weighted by molar-refractivity contribution is -0.0440. The zero-order valence-electron chi connectivity index (χ0n) is 17.1. The van der Waals surface area contributed by atoms with Gasteiger partial charge in [0, 0.05) is 29.6 Å². The van der Waals surface area contributed by atoms with E-state index in [4.69, 9.17) is 14.5 Å². The van der Waals surface area contributed by atoms with E-state index in [9.17, 15) is 8.42 Å². The van der Waals surface area contributed by atoms with E-state index in [1.165, 1.54) is 15.6 Å². The Balaban J connectivity index is 1.63. The summed E-state index contributed by atoms with van der Waals surface area (Å²) in [4.78, 5) is 5.00. The summed E-state index contributed by atoms with van der Waals surface area (Å²) in [5.41, 5.74) is 2.49. The molecule has 2 heterocycles. The van der Waals surface area contributed by atoms with Gasteiger partial charge < -0.3 is 9.47 Å². The van der Waals surface area contributed by atoms with E-state index in [1.54, 1.807) is 25.3 Å². The van der Waals surface area contributed by atoms with Gasteiger partial charge in [-0.3, -0.25) is 0 Å². The Kier molecular flexibility index (Phi) is 5.92. The molecule has 0 amide bonds. The molecule has 2 aromatic carbocycles. The van der Waals surface area contributed by atoms with Crippen LogP contribution in [0.4, 0.5) is 0 Å². The Labute approximate surface area is 181 Å². The molecule has 1 aliphatic heterocycles. The normalized spacial score (nSPS) is 20.2. The summed E-state index contributed by atoms with van der Waals surface area (Å²) < 4.78 is 38.9. The van der Waals surface area contributed by atoms with Crippen molar-refractivity contribution >= 4 is 21.4 Å². The van der Waals surface area contributed by atoms with Gasteiger partial charge in [-0.2, -0.15) is 4.31 Å².